The molecule has 2 bridgehead atoms. The Morgan fingerprint density at radius 1 is 1.17 bits per heavy atom. The third-order valence-corrected chi connectivity index (χ3v) is 6.48. The number of likely N-dealkylation sites (N-methyl/N-ethyl adjacent to an activating group) is 1. The molecule has 2 saturated heterocycles. The molecule has 3 aliphatic rings. The van der Waals surface area contributed by atoms with Crippen LogP contribution in [0.3, 0.4) is 0 Å². The molecule has 1 atom stereocenters. The van der Waals surface area contributed by atoms with Gasteiger partial charge in [-0.15, -0.1) is 12.4 Å². The summed E-state index contributed by atoms with van der Waals surface area (Å²) in [5, 5.41) is 2.42. The lowest BCUT2D eigenvalue weighted by atomic mass is 9.67. The lowest BCUT2D eigenvalue weighted by molar-refractivity contribution is -0.137. The number of hydrogen-bond acceptors (Lipinski definition) is 2. The smallest absolute Gasteiger partial charge is 0.343 e. The number of alkyl halides is 3. The second-order valence-corrected chi connectivity index (χ2v) is 8.12. The number of benzene rings is 2. The SMILES string of the molecule is CN1CC2CC1(C(NC(=O)c1cccc(C(F)(F)F)c1Cl)c1ccccc1)C2.Cl. The van der Waals surface area contributed by atoms with E-state index in [1.807, 2.05) is 37.4 Å². The lowest BCUT2D eigenvalue weighted by Crippen LogP contribution is -2.55. The molecule has 156 valence electrons. The monoisotopic (exact) mass is 444 g/mol. The number of carbonyl (C=O) groups is 1. The number of rotatable bonds is 4. The van der Waals surface area contributed by atoms with E-state index in [0.29, 0.717) is 5.92 Å². The van der Waals surface area contributed by atoms with Gasteiger partial charge in [0.2, 0.25) is 0 Å². The number of halogens is 5. The molecule has 1 N–H and O–H groups in total. The van der Waals surface area contributed by atoms with Crippen molar-refractivity contribution in [3.05, 3.63) is 70.2 Å². The van der Waals surface area contributed by atoms with Crippen molar-refractivity contribution >= 4 is 29.9 Å². The maximum absolute atomic E-state index is 13.2. The summed E-state index contributed by atoms with van der Waals surface area (Å²) in [6.07, 6.45) is -2.70. The average molecular weight is 445 g/mol. The summed E-state index contributed by atoms with van der Waals surface area (Å²) in [6, 6.07) is 12.7. The van der Waals surface area contributed by atoms with Crippen molar-refractivity contribution in [2.75, 3.05) is 13.6 Å². The average Bonchev–Trinajstić information content (AvgIpc) is 3.11. The summed E-state index contributed by atoms with van der Waals surface area (Å²) in [5.74, 6) is 0.00772. The molecule has 0 radical (unpaired) electrons. The largest absolute Gasteiger partial charge is 0.417 e. The van der Waals surface area contributed by atoms with E-state index in [1.54, 1.807) is 0 Å². The Morgan fingerprint density at radius 3 is 2.38 bits per heavy atom. The van der Waals surface area contributed by atoms with E-state index in [-0.39, 0.29) is 29.6 Å². The molecule has 2 heterocycles. The molecule has 0 aromatic heterocycles. The first kappa shape index (κ1) is 21.9. The lowest BCUT2D eigenvalue weighted by Gasteiger charge is -2.47. The molecule has 1 unspecified atom stereocenters. The fourth-order valence-corrected chi connectivity index (χ4v) is 5.03. The third-order valence-electron chi connectivity index (χ3n) is 6.07. The number of amides is 1. The number of nitrogens with one attached hydrogen (secondary N) is 1. The van der Waals surface area contributed by atoms with Crippen molar-refractivity contribution in [3.8, 4) is 0 Å². The van der Waals surface area contributed by atoms with Crippen molar-refractivity contribution in [1.82, 2.24) is 10.2 Å². The molecule has 3 fully saturated rings. The third kappa shape index (κ3) is 3.74. The van der Waals surface area contributed by atoms with E-state index in [2.05, 4.69) is 10.2 Å². The molecule has 1 amide bonds. The molecule has 3 nitrogen and oxygen atoms in total. The van der Waals surface area contributed by atoms with Crippen molar-refractivity contribution in [1.29, 1.82) is 0 Å². The van der Waals surface area contributed by atoms with Crippen LogP contribution in [0.2, 0.25) is 5.02 Å². The molecular weight excluding hydrogens is 424 g/mol. The number of carbonyl (C=O) groups excluding carboxylic acids is 1. The molecular formula is C21H21Cl2F3N2O. The zero-order chi connectivity index (χ0) is 20.1. The molecule has 2 aromatic carbocycles. The van der Waals surface area contributed by atoms with Gasteiger partial charge in [0.1, 0.15) is 0 Å². The van der Waals surface area contributed by atoms with Crippen LogP contribution in [-0.2, 0) is 6.18 Å². The standard InChI is InChI=1S/C21H20ClF3N2O.ClH/c1-27-12-13-10-20(27,11-13)18(14-6-3-2-4-7-14)26-19(28)15-8-5-9-16(17(15)22)21(23,24)25;/h2-9,13,18H,10-12H2,1H3,(H,26,28);1H. The number of nitrogens with zero attached hydrogens (tertiary/aromatic N) is 1. The minimum absolute atomic E-state index is 0. The highest BCUT2D eigenvalue weighted by atomic mass is 35.5. The zero-order valence-corrected chi connectivity index (χ0v) is 17.2. The molecule has 2 aliphatic heterocycles. The molecule has 29 heavy (non-hydrogen) atoms. The van der Waals surface area contributed by atoms with Gasteiger partial charge < -0.3 is 5.32 Å². The van der Waals surface area contributed by atoms with Crippen LogP contribution >= 0.6 is 24.0 Å². The van der Waals surface area contributed by atoms with Gasteiger partial charge >= 0.3 is 6.18 Å². The van der Waals surface area contributed by atoms with Crippen LogP contribution in [0.4, 0.5) is 13.2 Å². The van der Waals surface area contributed by atoms with Gasteiger partial charge in [0.25, 0.3) is 5.91 Å². The highest BCUT2D eigenvalue weighted by molar-refractivity contribution is 6.34. The summed E-state index contributed by atoms with van der Waals surface area (Å²) >= 11 is 5.96. The molecule has 2 aromatic rings. The Kier molecular flexibility index (Phi) is 5.91. The molecule has 0 spiro atoms. The Hall–Kier alpha value is -1.76. The van der Waals surface area contributed by atoms with Gasteiger partial charge in [0.15, 0.2) is 0 Å². The number of hydrogen-bond donors (Lipinski definition) is 1. The van der Waals surface area contributed by atoms with Gasteiger partial charge in [0, 0.05) is 12.1 Å². The van der Waals surface area contributed by atoms with E-state index in [1.165, 1.54) is 12.1 Å². The first-order valence-corrected chi connectivity index (χ1v) is 9.53. The van der Waals surface area contributed by atoms with Crippen molar-refractivity contribution in [3.63, 3.8) is 0 Å². The Bertz CT molecular complexity index is 899. The molecule has 5 rings (SSSR count). The first-order chi connectivity index (χ1) is 13.2. The summed E-state index contributed by atoms with van der Waals surface area (Å²) in [4.78, 5) is 15.2. The van der Waals surface area contributed by atoms with Gasteiger partial charge in [0.05, 0.1) is 22.2 Å². The minimum Gasteiger partial charge on any atom is -0.343 e. The molecule has 8 heteroatoms. The Morgan fingerprint density at radius 2 is 1.83 bits per heavy atom. The summed E-state index contributed by atoms with van der Waals surface area (Å²) in [5.41, 5.74) is -0.440. The zero-order valence-electron chi connectivity index (χ0n) is 15.7. The summed E-state index contributed by atoms with van der Waals surface area (Å²) in [7, 11) is 2.03. The second kappa shape index (κ2) is 7.82. The van der Waals surface area contributed by atoms with Gasteiger partial charge in [-0.1, -0.05) is 48.0 Å². The van der Waals surface area contributed by atoms with Crippen LogP contribution in [0.1, 0.15) is 40.4 Å². The topological polar surface area (TPSA) is 32.3 Å². The Labute approximate surface area is 178 Å². The number of fused-ring (bicyclic) bond motifs is 1. The Balaban J connectivity index is 0.00000240. The van der Waals surface area contributed by atoms with Crippen LogP contribution in [0.25, 0.3) is 0 Å². The van der Waals surface area contributed by atoms with Crippen LogP contribution in [0, 0.1) is 5.92 Å². The maximum Gasteiger partial charge on any atom is 0.417 e. The molecule has 1 saturated carbocycles. The van der Waals surface area contributed by atoms with Crippen LogP contribution < -0.4 is 5.32 Å². The minimum atomic E-state index is -4.61. The van der Waals surface area contributed by atoms with Gasteiger partial charge in [-0.05, 0) is 43.5 Å². The fourth-order valence-electron chi connectivity index (χ4n) is 4.71. The van der Waals surface area contributed by atoms with E-state index in [0.717, 1.165) is 31.0 Å². The van der Waals surface area contributed by atoms with Crippen LogP contribution in [0.5, 0.6) is 0 Å². The van der Waals surface area contributed by atoms with E-state index in [9.17, 15) is 18.0 Å². The second-order valence-electron chi connectivity index (χ2n) is 7.74. The highest BCUT2D eigenvalue weighted by Crippen LogP contribution is 2.55. The maximum atomic E-state index is 13.2. The first-order valence-electron chi connectivity index (χ1n) is 9.15. The van der Waals surface area contributed by atoms with Crippen LogP contribution in [-0.4, -0.2) is 29.9 Å². The van der Waals surface area contributed by atoms with Crippen molar-refractivity contribution in [2.45, 2.75) is 30.6 Å². The highest BCUT2D eigenvalue weighted by Gasteiger charge is 2.59. The van der Waals surface area contributed by atoms with Gasteiger partial charge in [-0.2, -0.15) is 13.2 Å². The summed E-state index contributed by atoms with van der Waals surface area (Å²) < 4.78 is 39.5. The van der Waals surface area contributed by atoms with Gasteiger partial charge in [-0.3, -0.25) is 9.69 Å². The van der Waals surface area contributed by atoms with E-state index < -0.39 is 22.7 Å². The fraction of sp³-hybridized carbons (Fsp3) is 0.381. The van der Waals surface area contributed by atoms with Gasteiger partial charge in [-0.25, -0.2) is 0 Å². The summed E-state index contributed by atoms with van der Waals surface area (Å²) in [6.45, 7) is 0.962. The predicted octanol–water partition coefficient (Wildman–Crippen LogP) is 5.35. The molecule has 1 aliphatic carbocycles. The predicted molar refractivity (Wildman–Crippen MR) is 108 cm³/mol. The van der Waals surface area contributed by atoms with Crippen LogP contribution in [0.15, 0.2) is 48.5 Å². The van der Waals surface area contributed by atoms with E-state index >= 15 is 0 Å². The van der Waals surface area contributed by atoms with Crippen molar-refractivity contribution < 1.29 is 18.0 Å². The quantitative estimate of drug-likeness (QED) is 0.689. The normalized spacial score (nSPS) is 24.4. The van der Waals surface area contributed by atoms with Crippen molar-refractivity contribution in [2.24, 2.45) is 5.92 Å². The van der Waals surface area contributed by atoms with E-state index in [4.69, 9.17) is 11.6 Å².